The lowest BCUT2D eigenvalue weighted by atomic mass is 9.77. The van der Waals surface area contributed by atoms with Gasteiger partial charge in [-0.05, 0) is 47.7 Å². The van der Waals surface area contributed by atoms with Gasteiger partial charge in [0.25, 0.3) is 0 Å². The third-order valence-corrected chi connectivity index (χ3v) is 5.47. The fourth-order valence-electron chi connectivity index (χ4n) is 3.63. The summed E-state index contributed by atoms with van der Waals surface area (Å²) in [7, 11) is 0. The van der Waals surface area contributed by atoms with Crippen LogP contribution in [0.5, 0.6) is 0 Å². The van der Waals surface area contributed by atoms with Gasteiger partial charge in [0.2, 0.25) is 0 Å². The van der Waals surface area contributed by atoms with Crippen LogP contribution in [0.4, 0.5) is 10.1 Å². The van der Waals surface area contributed by atoms with Crippen LogP contribution in [0.15, 0.2) is 48.6 Å². The molecule has 1 N–H and O–H groups in total. The molecule has 4 rings (SSSR count). The molecule has 1 aliphatic heterocycles. The van der Waals surface area contributed by atoms with Crippen LogP contribution in [-0.2, 0) is 0 Å². The number of benzene rings is 2. The zero-order valence-electron chi connectivity index (χ0n) is 11.7. The first-order chi connectivity index (χ1) is 10.6. The Morgan fingerprint density at radius 3 is 2.82 bits per heavy atom. The summed E-state index contributed by atoms with van der Waals surface area (Å²) in [4.78, 5) is 0. The molecule has 1 aliphatic carbocycles. The smallest absolute Gasteiger partial charge is 0.123 e. The number of nitrogens with one attached hydrogen (secondary N) is 1. The lowest BCUT2D eigenvalue weighted by Gasteiger charge is -2.38. The molecule has 0 amide bonds. The number of rotatable bonds is 1. The molecular weight excluding hydrogens is 320 g/mol. The Labute approximate surface area is 138 Å². The lowest BCUT2D eigenvalue weighted by Crippen LogP contribution is -2.29. The second-order valence-electron chi connectivity index (χ2n) is 5.85. The molecule has 1 nitrogen and oxygen atoms in total. The molecular formula is C18H14Cl2FN. The van der Waals surface area contributed by atoms with E-state index in [0.717, 1.165) is 23.2 Å². The average molecular weight is 334 g/mol. The van der Waals surface area contributed by atoms with Crippen LogP contribution in [0.1, 0.15) is 29.5 Å². The van der Waals surface area contributed by atoms with Gasteiger partial charge in [0.15, 0.2) is 0 Å². The first-order valence-electron chi connectivity index (χ1n) is 7.31. The van der Waals surface area contributed by atoms with Gasteiger partial charge in [0, 0.05) is 11.6 Å². The maximum atomic E-state index is 13.6. The van der Waals surface area contributed by atoms with E-state index in [-0.39, 0.29) is 17.8 Å². The van der Waals surface area contributed by atoms with E-state index >= 15 is 0 Å². The summed E-state index contributed by atoms with van der Waals surface area (Å²) in [6, 6.07) is 10.7. The van der Waals surface area contributed by atoms with Crippen molar-refractivity contribution in [1.29, 1.82) is 0 Å². The zero-order valence-corrected chi connectivity index (χ0v) is 13.2. The van der Waals surface area contributed by atoms with Crippen molar-refractivity contribution >= 4 is 28.9 Å². The number of anilines is 1. The third kappa shape index (κ3) is 2.13. The normalized spacial score (nSPS) is 25.5. The van der Waals surface area contributed by atoms with Crippen LogP contribution in [0, 0.1) is 11.7 Å². The highest BCUT2D eigenvalue weighted by molar-refractivity contribution is 6.42. The number of hydrogen-bond donors (Lipinski definition) is 1. The van der Waals surface area contributed by atoms with Crippen molar-refractivity contribution in [2.75, 3.05) is 5.32 Å². The van der Waals surface area contributed by atoms with E-state index in [2.05, 4.69) is 17.5 Å². The van der Waals surface area contributed by atoms with E-state index < -0.39 is 0 Å². The molecule has 22 heavy (non-hydrogen) atoms. The average Bonchev–Trinajstić information content (AvgIpc) is 2.99. The quantitative estimate of drug-likeness (QED) is 0.635. The first-order valence-corrected chi connectivity index (χ1v) is 8.07. The van der Waals surface area contributed by atoms with Gasteiger partial charge in [-0.2, -0.15) is 0 Å². The molecule has 0 unspecified atom stereocenters. The molecule has 3 atom stereocenters. The van der Waals surface area contributed by atoms with Gasteiger partial charge in [0.1, 0.15) is 5.82 Å². The number of allylic oxidation sites excluding steroid dienone is 2. The van der Waals surface area contributed by atoms with E-state index in [9.17, 15) is 4.39 Å². The van der Waals surface area contributed by atoms with Crippen LogP contribution in [0.3, 0.4) is 0 Å². The van der Waals surface area contributed by atoms with E-state index in [1.807, 2.05) is 12.1 Å². The standard InChI is InChI=1S/C18H14Cl2FN/c19-15-6-2-5-13(17(15)20)18-12-4-1-3-11(12)14-9-10(21)7-8-16(14)22-18/h1-3,5-9,11-12,18,22H,4H2/t11-,12-,18+/m0/s1. The van der Waals surface area contributed by atoms with Crippen LogP contribution in [-0.4, -0.2) is 0 Å². The van der Waals surface area contributed by atoms with Crippen LogP contribution in [0.2, 0.25) is 10.0 Å². The van der Waals surface area contributed by atoms with Crippen LogP contribution >= 0.6 is 23.2 Å². The predicted octanol–water partition coefficient (Wildman–Crippen LogP) is 5.96. The Kier molecular flexibility index (Phi) is 3.39. The van der Waals surface area contributed by atoms with Crippen molar-refractivity contribution in [3.05, 3.63) is 75.5 Å². The van der Waals surface area contributed by atoms with Gasteiger partial charge in [-0.3, -0.25) is 0 Å². The number of hydrogen-bond acceptors (Lipinski definition) is 1. The molecule has 0 bridgehead atoms. The molecule has 0 aromatic heterocycles. The summed E-state index contributed by atoms with van der Waals surface area (Å²) in [5.41, 5.74) is 2.99. The Morgan fingerprint density at radius 2 is 1.95 bits per heavy atom. The Hall–Kier alpha value is -1.51. The summed E-state index contributed by atoms with van der Waals surface area (Å²) >= 11 is 12.6. The SMILES string of the molecule is Fc1ccc2c(c1)[C@H]1C=CC[C@@H]1[C@H](c1cccc(Cl)c1Cl)N2. The molecule has 2 aromatic carbocycles. The number of fused-ring (bicyclic) bond motifs is 3. The van der Waals surface area contributed by atoms with E-state index in [0.29, 0.717) is 16.0 Å². The Balaban J connectivity index is 1.83. The van der Waals surface area contributed by atoms with Gasteiger partial charge in [-0.25, -0.2) is 4.39 Å². The van der Waals surface area contributed by atoms with Gasteiger partial charge in [-0.1, -0.05) is 47.5 Å². The molecule has 0 radical (unpaired) electrons. The van der Waals surface area contributed by atoms with Crippen molar-refractivity contribution in [3.8, 4) is 0 Å². The van der Waals surface area contributed by atoms with Gasteiger partial charge in [-0.15, -0.1) is 0 Å². The van der Waals surface area contributed by atoms with Crippen molar-refractivity contribution in [2.45, 2.75) is 18.4 Å². The molecule has 0 fully saturated rings. The van der Waals surface area contributed by atoms with Gasteiger partial charge < -0.3 is 5.32 Å². The molecule has 0 spiro atoms. The summed E-state index contributed by atoms with van der Waals surface area (Å²) in [5, 5.41) is 4.69. The summed E-state index contributed by atoms with van der Waals surface area (Å²) < 4.78 is 13.6. The van der Waals surface area contributed by atoms with Crippen molar-refractivity contribution < 1.29 is 4.39 Å². The summed E-state index contributed by atoms with van der Waals surface area (Å²) in [5.74, 6) is 0.344. The minimum Gasteiger partial charge on any atom is -0.378 e. The third-order valence-electron chi connectivity index (χ3n) is 4.64. The Morgan fingerprint density at radius 1 is 1.09 bits per heavy atom. The molecule has 0 saturated carbocycles. The van der Waals surface area contributed by atoms with Gasteiger partial charge in [0.05, 0.1) is 16.1 Å². The van der Waals surface area contributed by atoms with Crippen molar-refractivity contribution in [1.82, 2.24) is 0 Å². The largest absolute Gasteiger partial charge is 0.378 e. The topological polar surface area (TPSA) is 12.0 Å². The molecule has 2 aromatic rings. The Bertz CT molecular complexity index is 772. The van der Waals surface area contributed by atoms with E-state index in [4.69, 9.17) is 23.2 Å². The summed E-state index contributed by atoms with van der Waals surface area (Å²) in [6.07, 6.45) is 5.29. The summed E-state index contributed by atoms with van der Waals surface area (Å²) in [6.45, 7) is 0. The molecule has 4 heteroatoms. The number of halogens is 3. The monoisotopic (exact) mass is 333 g/mol. The maximum absolute atomic E-state index is 13.6. The maximum Gasteiger partial charge on any atom is 0.123 e. The van der Waals surface area contributed by atoms with Gasteiger partial charge >= 0.3 is 0 Å². The first kappa shape index (κ1) is 14.1. The molecule has 1 heterocycles. The van der Waals surface area contributed by atoms with Crippen LogP contribution in [0.25, 0.3) is 0 Å². The predicted molar refractivity (Wildman–Crippen MR) is 89.2 cm³/mol. The molecule has 0 saturated heterocycles. The molecule has 2 aliphatic rings. The van der Waals surface area contributed by atoms with Crippen molar-refractivity contribution in [3.63, 3.8) is 0 Å². The second kappa shape index (κ2) is 5.29. The van der Waals surface area contributed by atoms with Crippen molar-refractivity contribution in [2.24, 2.45) is 5.92 Å². The minimum absolute atomic E-state index is 0.0733. The van der Waals surface area contributed by atoms with E-state index in [1.165, 1.54) is 6.07 Å². The minimum atomic E-state index is -0.196. The highest BCUT2D eigenvalue weighted by Gasteiger charge is 2.38. The fraction of sp³-hybridized carbons (Fsp3) is 0.222. The fourth-order valence-corrected chi connectivity index (χ4v) is 4.06. The zero-order chi connectivity index (χ0) is 15.3. The highest BCUT2D eigenvalue weighted by Crippen LogP contribution is 2.51. The second-order valence-corrected chi connectivity index (χ2v) is 6.64. The van der Waals surface area contributed by atoms with E-state index in [1.54, 1.807) is 18.2 Å². The molecule has 112 valence electrons. The lowest BCUT2D eigenvalue weighted by molar-refractivity contribution is 0.424. The highest BCUT2D eigenvalue weighted by atomic mass is 35.5. The van der Waals surface area contributed by atoms with Crippen LogP contribution < -0.4 is 5.32 Å².